The number of anilines is 1. The summed E-state index contributed by atoms with van der Waals surface area (Å²) < 4.78 is 6.14. The highest BCUT2D eigenvalue weighted by molar-refractivity contribution is 6.05. The number of benzene rings is 4. The van der Waals surface area contributed by atoms with Crippen molar-refractivity contribution in [1.82, 2.24) is 15.1 Å². The molecule has 4 aromatic rings. The summed E-state index contributed by atoms with van der Waals surface area (Å²) in [5, 5.41) is 12.5. The molecule has 3 amide bonds. The number of ether oxygens (including phenoxy) is 1. The van der Waals surface area contributed by atoms with E-state index in [0.717, 1.165) is 55.2 Å². The largest absolute Gasteiger partial charge is 0.508 e. The molecule has 3 atom stereocenters. The van der Waals surface area contributed by atoms with Gasteiger partial charge in [0.1, 0.15) is 17.5 Å². The molecule has 4 aromatic carbocycles. The molecule has 9 heteroatoms. The number of carbonyl (C=O) groups is 3. The average molecular weight is 643 g/mol. The third kappa shape index (κ3) is 5.68. The van der Waals surface area contributed by atoms with Gasteiger partial charge in [-0.2, -0.15) is 0 Å². The number of carbonyl (C=O) groups excluding carboxylic acids is 3. The Kier molecular flexibility index (Phi) is 7.84. The van der Waals surface area contributed by atoms with E-state index in [0.29, 0.717) is 25.1 Å². The minimum absolute atomic E-state index is 0.112. The van der Waals surface area contributed by atoms with Gasteiger partial charge in [-0.25, -0.2) is 0 Å². The first-order valence-electron chi connectivity index (χ1n) is 16.8. The quantitative estimate of drug-likeness (QED) is 0.292. The lowest BCUT2D eigenvalue weighted by molar-refractivity contribution is -0.136. The molecule has 244 valence electrons. The lowest BCUT2D eigenvalue weighted by Crippen LogP contribution is -2.52. The highest BCUT2D eigenvalue weighted by atomic mass is 16.5. The molecule has 0 aromatic heterocycles. The Hall–Kier alpha value is -5.15. The summed E-state index contributed by atoms with van der Waals surface area (Å²) in [6.45, 7) is 5.42. The predicted molar refractivity (Wildman–Crippen MR) is 181 cm³/mol. The third-order valence-corrected chi connectivity index (χ3v) is 10.4. The van der Waals surface area contributed by atoms with Gasteiger partial charge in [0.05, 0.1) is 6.61 Å². The maximum atomic E-state index is 13.1. The Labute approximate surface area is 279 Å². The number of nitrogens with one attached hydrogen (secondary N) is 1. The van der Waals surface area contributed by atoms with E-state index in [1.807, 2.05) is 24.3 Å². The number of phenolic OH excluding ortho intramolecular Hbond substituents is 1. The molecule has 48 heavy (non-hydrogen) atoms. The van der Waals surface area contributed by atoms with Gasteiger partial charge in [-0.05, 0) is 52.9 Å². The summed E-state index contributed by atoms with van der Waals surface area (Å²) in [4.78, 5) is 43.6. The van der Waals surface area contributed by atoms with Crippen LogP contribution in [0.1, 0.15) is 62.9 Å². The molecule has 0 spiro atoms. The number of piperidine rings is 1. The number of imide groups is 1. The Morgan fingerprint density at radius 3 is 2.40 bits per heavy atom. The SMILES string of the molecule is O=C1CCC(N2Cc3cc(CN4CCN(c5ccc([C@@H]6c7ccc(O)cc7OC[C@@H]6c6ccccc6)cc5)CC4)ccc3C2=O)C(=O)N1. The Bertz CT molecular complexity index is 1870. The molecule has 4 aliphatic rings. The number of amides is 3. The van der Waals surface area contributed by atoms with Gasteiger partial charge in [0, 0.05) is 80.4 Å². The van der Waals surface area contributed by atoms with Crippen molar-refractivity contribution in [2.75, 3.05) is 37.7 Å². The van der Waals surface area contributed by atoms with Gasteiger partial charge in [0.2, 0.25) is 11.8 Å². The molecule has 2 saturated heterocycles. The van der Waals surface area contributed by atoms with Crippen molar-refractivity contribution in [2.45, 2.75) is 43.8 Å². The summed E-state index contributed by atoms with van der Waals surface area (Å²) in [5.74, 6) is 0.433. The van der Waals surface area contributed by atoms with Crippen LogP contribution in [-0.2, 0) is 22.7 Å². The Morgan fingerprint density at radius 2 is 1.62 bits per heavy atom. The monoisotopic (exact) mass is 642 g/mol. The van der Waals surface area contributed by atoms with Gasteiger partial charge in [0.15, 0.2) is 0 Å². The van der Waals surface area contributed by atoms with Crippen LogP contribution >= 0.6 is 0 Å². The van der Waals surface area contributed by atoms with E-state index in [9.17, 15) is 19.5 Å². The average Bonchev–Trinajstić information content (AvgIpc) is 3.43. The third-order valence-electron chi connectivity index (χ3n) is 10.4. The number of fused-ring (bicyclic) bond motifs is 2. The van der Waals surface area contributed by atoms with Crippen LogP contribution in [0.2, 0.25) is 0 Å². The van der Waals surface area contributed by atoms with Crippen molar-refractivity contribution in [1.29, 1.82) is 0 Å². The van der Waals surface area contributed by atoms with Gasteiger partial charge in [-0.3, -0.25) is 24.6 Å². The van der Waals surface area contributed by atoms with Crippen molar-refractivity contribution in [3.63, 3.8) is 0 Å². The van der Waals surface area contributed by atoms with Crippen molar-refractivity contribution < 1.29 is 24.2 Å². The zero-order valence-electron chi connectivity index (χ0n) is 26.7. The molecule has 2 fully saturated rings. The molecule has 0 saturated carbocycles. The summed E-state index contributed by atoms with van der Waals surface area (Å²) in [6.07, 6.45) is 0.622. The van der Waals surface area contributed by atoms with Crippen molar-refractivity contribution in [3.05, 3.63) is 124 Å². The van der Waals surface area contributed by atoms with Crippen LogP contribution in [0.15, 0.2) is 91.0 Å². The van der Waals surface area contributed by atoms with Crippen LogP contribution < -0.4 is 15.0 Å². The molecule has 1 unspecified atom stereocenters. The first kappa shape index (κ1) is 30.2. The molecule has 0 aliphatic carbocycles. The second-order valence-electron chi connectivity index (χ2n) is 13.3. The number of nitrogens with zero attached hydrogens (tertiary/aromatic N) is 3. The normalized spacial score (nSPS) is 22.6. The van der Waals surface area contributed by atoms with E-state index in [4.69, 9.17) is 4.74 Å². The molecule has 4 aliphatic heterocycles. The second kappa shape index (κ2) is 12.5. The fourth-order valence-corrected chi connectivity index (χ4v) is 7.84. The number of phenols is 1. The number of hydrogen-bond acceptors (Lipinski definition) is 7. The van der Waals surface area contributed by atoms with Crippen LogP contribution in [0.4, 0.5) is 5.69 Å². The lowest BCUT2D eigenvalue weighted by Gasteiger charge is -2.37. The minimum Gasteiger partial charge on any atom is -0.508 e. The zero-order valence-corrected chi connectivity index (χ0v) is 26.7. The number of hydrogen-bond donors (Lipinski definition) is 2. The van der Waals surface area contributed by atoms with Gasteiger partial charge in [-0.15, -0.1) is 0 Å². The van der Waals surface area contributed by atoms with Gasteiger partial charge in [-0.1, -0.05) is 60.7 Å². The number of piperazine rings is 1. The van der Waals surface area contributed by atoms with E-state index >= 15 is 0 Å². The van der Waals surface area contributed by atoms with Crippen LogP contribution in [0.5, 0.6) is 11.5 Å². The van der Waals surface area contributed by atoms with Gasteiger partial charge < -0.3 is 19.6 Å². The highest BCUT2D eigenvalue weighted by Crippen LogP contribution is 2.47. The topological polar surface area (TPSA) is 102 Å². The first-order valence-corrected chi connectivity index (χ1v) is 16.8. The highest BCUT2D eigenvalue weighted by Gasteiger charge is 2.39. The number of rotatable bonds is 6. The lowest BCUT2D eigenvalue weighted by atomic mass is 9.76. The smallest absolute Gasteiger partial charge is 0.255 e. The van der Waals surface area contributed by atoms with Gasteiger partial charge >= 0.3 is 0 Å². The number of aromatic hydroxyl groups is 1. The molecule has 8 rings (SSSR count). The van der Waals surface area contributed by atoms with Crippen molar-refractivity contribution in [3.8, 4) is 11.5 Å². The van der Waals surface area contributed by atoms with E-state index in [1.54, 1.807) is 17.0 Å². The maximum absolute atomic E-state index is 13.1. The Morgan fingerprint density at radius 1 is 0.833 bits per heavy atom. The summed E-state index contributed by atoms with van der Waals surface area (Å²) in [7, 11) is 0. The summed E-state index contributed by atoms with van der Waals surface area (Å²) in [6, 6.07) is 30.3. The minimum atomic E-state index is -0.597. The second-order valence-corrected chi connectivity index (χ2v) is 13.3. The molecule has 0 bridgehead atoms. The Balaban J connectivity index is 0.919. The van der Waals surface area contributed by atoms with E-state index in [1.165, 1.54) is 16.8 Å². The van der Waals surface area contributed by atoms with Crippen molar-refractivity contribution in [2.24, 2.45) is 0 Å². The standard InChI is InChI=1S/C39H38N4O5/c44-30-11-13-32-35(21-30)48-24-33(26-4-2-1-3-5-26)37(32)27-7-9-29(10-8-27)42-18-16-41(17-19-42)22-25-6-12-31-28(20-25)23-43(39(31)47)34-14-15-36(45)40-38(34)46/h1-13,20-21,33-34,37,44H,14-19,22-24H2,(H,40,45,46)/t33-,34?,37-/m1/s1. The summed E-state index contributed by atoms with van der Waals surface area (Å²) in [5.41, 5.74) is 7.51. The van der Waals surface area contributed by atoms with Crippen LogP contribution in [0, 0.1) is 0 Å². The summed E-state index contributed by atoms with van der Waals surface area (Å²) >= 11 is 0. The predicted octanol–water partition coefficient (Wildman–Crippen LogP) is 4.78. The maximum Gasteiger partial charge on any atom is 0.255 e. The fraction of sp³-hybridized carbons (Fsp3) is 0.308. The first-order chi connectivity index (χ1) is 23.4. The molecule has 0 radical (unpaired) electrons. The molecular formula is C39H38N4O5. The fourth-order valence-electron chi connectivity index (χ4n) is 7.84. The van der Waals surface area contributed by atoms with Gasteiger partial charge in [0.25, 0.3) is 5.91 Å². The molecule has 4 heterocycles. The van der Waals surface area contributed by atoms with E-state index < -0.39 is 6.04 Å². The molecule has 2 N–H and O–H groups in total. The van der Waals surface area contributed by atoms with Crippen molar-refractivity contribution >= 4 is 23.4 Å². The van der Waals surface area contributed by atoms with Crippen LogP contribution in [0.3, 0.4) is 0 Å². The van der Waals surface area contributed by atoms with Crippen LogP contribution in [0.25, 0.3) is 0 Å². The molecular weight excluding hydrogens is 604 g/mol. The molecule has 9 nitrogen and oxygen atoms in total. The van der Waals surface area contributed by atoms with E-state index in [2.05, 4.69) is 69.7 Å². The van der Waals surface area contributed by atoms with Crippen LogP contribution in [-0.4, -0.2) is 71.5 Å². The zero-order chi connectivity index (χ0) is 32.8. The van der Waals surface area contributed by atoms with E-state index in [-0.39, 0.29) is 41.7 Å².